The third kappa shape index (κ3) is 6.85. The van der Waals surface area contributed by atoms with Crippen molar-refractivity contribution in [2.45, 2.75) is 30.9 Å². The van der Waals surface area contributed by atoms with Gasteiger partial charge in [0.25, 0.3) is 0 Å². The molecule has 0 aliphatic carbocycles. The molecule has 1 aliphatic rings. The van der Waals surface area contributed by atoms with Crippen molar-refractivity contribution in [3.63, 3.8) is 0 Å². The van der Waals surface area contributed by atoms with E-state index in [9.17, 15) is 18.8 Å². The van der Waals surface area contributed by atoms with Crippen LogP contribution in [0.1, 0.15) is 18.4 Å². The summed E-state index contributed by atoms with van der Waals surface area (Å²) in [6.45, 7) is 0.424. The van der Waals surface area contributed by atoms with E-state index < -0.39 is 11.3 Å². The zero-order valence-electron chi connectivity index (χ0n) is 16.2. The van der Waals surface area contributed by atoms with Gasteiger partial charge in [0.15, 0.2) is 0 Å². The number of thioether (sulfide) groups is 1. The highest BCUT2D eigenvalue weighted by Gasteiger charge is 2.28. The van der Waals surface area contributed by atoms with Gasteiger partial charge in [0.1, 0.15) is 11.3 Å². The van der Waals surface area contributed by atoms with E-state index >= 15 is 0 Å². The quantitative estimate of drug-likeness (QED) is 0.513. The first-order valence-electron chi connectivity index (χ1n) is 9.51. The number of anilines is 1. The number of para-hydroxylation sites is 1. The zero-order chi connectivity index (χ0) is 21.3. The van der Waals surface area contributed by atoms with E-state index in [0.717, 1.165) is 5.56 Å². The van der Waals surface area contributed by atoms with E-state index in [2.05, 4.69) is 21.3 Å². The van der Waals surface area contributed by atoms with Crippen LogP contribution in [0.2, 0.25) is 0 Å². The van der Waals surface area contributed by atoms with Crippen LogP contribution in [0.5, 0.6) is 0 Å². The van der Waals surface area contributed by atoms with Crippen molar-refractivity contribution in [2.24, 2.45) is 0 Å². The van der Waals surface area contributed by atoms with Crippen LogP contribution < -0.4 is 21.3 Å². The summed E-state index contributed by atoms with van der Waals surface area (Å²) in [6, 6.07) is 15.1. The maximum atomic E-state index is 13.6. The second-order valence-corrected chi connectivity index (χ2v) is 7.91. The fraction of sp³-hybridized carbons (Fsp3) is 0.286. The van der Waals surface area contributed by atoms with E-state index in [0.29, 0.717) is 6.54 Å². The van der Waals surface area contributed by atoms with E-state index in [-0.39, 0.29) is 48.0 Å². The highest BCUT2D eigenvalue weighted by molar-refractivity contribution is 8.00. The third-order valence-corrected chi connectivity index (χ3v) is 5.42. The molecule has 9 heteroatoms. The predicted molar refractivity (Wildman–Crippen MR) is 114 cm³/mol. The van der Waals surface area contributed by atoms with Crippen molar-refractivity contribution in [3.05, 3.63) is 66.0 Å². The van der Waals surface area contributed by atoms with Crippen molar-refractivity contribution in [3.8, 4) is 0 Å². The third-order valence-electron chi connectivity index (χ3n) is 4.40. The molecule has 158 valence electrons. The number of benzene rings is 2. The first-order chi connectivity index (χ1) is 14.5. The van der Waals surface area contributed by atoms with Gasteiger partial charge >= 0.3 is 0 Å². The SMILES string of the molecule is O=C(CC1CC(=O)NC(SCC(=O)Nc2ccccc2F)N1)NCc1ccccc1. The molecule has 0 bridgehead atoms. The predicted octanol–water partition coefficient (Wildman–Crippen LogP) is 1.97. The Kier molecular flexibility index (Phi) is 7.81. The number of rotatable bonds is 8. The summed E-state index contributed by atoms with van der Waals surface area (Å²) in [5, 5.41) is 11.2. The molecule has 2 aromatic carbocycles. The van der Waals surface area contributed by atoms with Gasteiger partial charge in [-0.1, -0.05) is 42.5 Å². The summed E-state index contributed by atoms with van der Waals surface area (Å²) in [7, 11) is 0. The molecule has 2 unspecified atom stereocenters. The van der Waals surface area contributed by atoms with Crippen molar-refractivity contribution in [1.82, 2.24) is 16.0 Å². The maximum absolute atomic E-state index is 13.6. The lowest BCUT2D eigenvalue weighted by Gasteiger charge is -2.30. The van der Waals surface area contributed by atoms with Gasteiger partial charge in [-0.3, -0.25) is 19.7 Å². The average Bonchev–Trinajstić information content (AvgIpc) is 2.73. The van der Waals surface area contributed by atoms with Gasteiger partial charge in [0.05, 0.1) is 11.4 Å². The van der Waals surface area contributed by atoms with Crippen molar-refractivity contribution in [2.75, 3.05) is 11.1 Å². The van der Waals surface area contributed by atoms with Crippen LogP contribution >= 0.6 is 11.8 Å². The van der Waals surface area contributed by atoms with Gasteiger partial charge in [0.2, 0.25) is 17.7 Å². The zero-order valence-corrected chi connectivity index (χ0v) is 17.0. The van der Waals surface area contributed by atoms with Crippen LogP contribution in [-0.2, 0) is 20.9 Å². The molecule has 7 nitrogen and oxygen atoms in total. The highest BCUT2D eigenvalue weighted by atomic mass is 32.2. The Labute approximate surface area is 178 Å². The number of hydrogen-bond acceptors (Lipinski definition) is 5. The Balaban J connectivity index is 1.43. The molecule has 3 amide bonds. The minimum Gasteiger partial charge on any atom is -0.352 e. The Hall–Kier alpha value is -2.91. The molecule has 1 heterocycles. The van der Waals surface area contributed by atoms with Gasteiger partial charge in [0, 0.05) is 25.4 Å². The second-order valence-electron chi connectivity index (χ2n) is 6.82. The largest absolute Gasteiger partial charge is 0.352 e. The molecule has 0 aromatic heterocycles. The van der Waals surface area contributed by atoms with Crippen LogP contribution in [0.3, 0.4) is 0 Å². The maximum Gasteiger partial charge on any atom is 0.234 e. The van der Waals surface area contributed by atoms with Crippen LogP contribution in [0.25, 0.3) is 0 Å². The number of carbonyl (C=O) groups excluding carboxylic acids is 3. The molecule has 2 atom stereocenters. The lowest BCUT2D eigenvalue weighted by atomic mass is 10.1. The summed E-state index contributed by atoms with van der Waals surface area (Å²) in [4.78, 5) is 36.3. The first kappa shape index (κ1) is 21.8. The van der Waals surface area contributed by atoms with Gasteiger partial charge in [-0.15, -0.1) is 11.8 Å². The number of amides is 3. The van der Waals surface area contributed by atoms with E-state index in [1.807, 2.05) is 30.3 Å². The average molecular weight is 431 g/mol. The summed E-state index contributed by atoms with van der Waals surface area (Å²) in [5.41, 5.74) is 0.593. The number of halogens is 1. The Morgan fingerprint density at radius 1 is 1.07 bits per heavy atom. The Bertz CT molecular complexity index is 897. The van der Waals surface area contributed by atoms with E-state index in [1.54, 1.807) is 6.07 Å². The molecule has 1 aliphatic heterocycles. The fourth-order valence-electron chi connectivity index (χ4n) is 2.96. The molecule has 1 saturated heterocycles. The minimum absolute atomic E-state index is 0.0131. The summed E-state index contributed by atoms with van der Waals surface area (Å²) < 4.78 is 13.6. The van der Waals surface area contributed by atoms with Gasteiger partial charge < -0.3 is 16.0 Å². The molecule has 1 fully saturated rings. The van der Waals surface area contributed by atoms with Crippen LogP contribution in [0, 0.1) is 5.82 Å². The van der Waals surface area contributed by atoms with E-state index in [4.69, 9.17) is 0 Å². The molecule has 30 heavy (non-hydrogen) atoms. The normalized spacial score (nSPS) is 18.4. The summed E-state index contributed by atoms with van der Waals surface area (Å²) in [5.74, 6) is -1.24. The molecule has 0 saturated carbocycles. The second kappa shape index (κ2) is 10.7. The van der Waals surface area contributed by atoms with E-state index in [1.165, 1.54) is 30.0 Å². The standard InChI is InChI=1S/C21H23FN4O3S/c22-16-8-4-5-9-17(16)25-20(29)13-30-21-24-15(11-19(28)26-21)10-18(27)23-12-14-6-2-1-3-7-14/h1-9,15,21,24H,10-13H2,(H,23,27)(H,25,29)(H,26,28). The molecular formula is C21H23FN4O3S. The summed E-state index contributed by atoms with van der Waals surface area (Å²) >= 11 is 1.17. The van der Waals surface area contributed by atoms with Crippen molar-refractivity contribution < 1.29 is 18.8 Å². The molecular weight excluding hydrogens is 407 g/mol. The number of nitrogens with one attached hydrogen (secondary N) is 4. The molecule has 4 N–H and O–H groups in total. The first-order valence-corrected chi connectivity index (χ1v) is 10.6. The Morgan fingerprint density at radius 2 is 1.80 bits per heavy atom. The highest BCUT2D eigenvalue weighted by Crippen LogP contribution is 2.16. The van der Waals surface area contributed by atoms with Crippen molar-refractivity contribution in [1.29, 1.82) is 0 Å². The van der Waals surface area contributed by atoms with Gasteiger partial charge in [-0.05, 0) is 17.7 Å². The molecule has 3 rings (SSSR count). The lowest BCUT2D eigenvalue weighted by molar-refractivity contribution is -0.125. The minimum atomic E-state index is -0.512. The van der Waals surface area contributed by atoms with Crippen LogP contribution in [-0.4, -0.2) is 35.0 Å². The van der Waals surface area contributed by atoms with Crippen LogP contribution in [0.4, 0.5) is 10.1 Å². The van der Waals surface area contributed by atoms with Gasteiger partial charge in [-0.25, -0.2) is 4.39 Å². The fourth-order valence-corrected chi connectivity index (χ4v) is 3.86. The molecule has 0 radical (unpaired) electrons. The summed E-state index contributed by atoms with van der Waals surface area (Å²) in [6.07, 6.45) is 0.329. The van der Waals surface area contributed by atoms with Crippen molar-refractivity contribution >= 4 is 35.2 Å². The van der Waals surface area contributed by atoms with Gasteiger partial charge in [-0.2, -0.15) is 0 Å². The smallest absolute Gasteiger partial charge is 0.234 e. The van der Waals surface area contributed by atoms with Crippen LogP contribution in [0.15, 0.2) is 54.6 Å². The number of carbonyl (C=O) groups is 3. The number of hydrogen-bond donors (Lipinski definition) is 4. The molecule has 0 spiro atoms. The molecule has 2 aromatic rings. The monoisotopic (exact) mass is 430 g/mol. The lowest BCUT2D eigenvalue weighted by Crippen LogP contribution is -2.56. The topological polar surface area (TPSA) is 99.3 Å². The Morgan fingerprint density at radius 3 is 2.57 bits per heavy atom.